The van der Waals surface area contributed by atoms with Gasteiger partial charge in [0.2, 0.25) is 0 Å². The molecule has 1 aromatic carbocycles. The van der Waals surface area contributed by atoms with Crippen molar-refractivity contribution in [3.05, 3.63) is 29.8 Å². The fraction of sp³-hybridized carbons (Fsp3) is 0.600. The van der Waals surface area contributed by atoms with Gasteiger partial charge in [-0.3, -0.25) is 0 Å². The lowest BCUT2D eigenvalue weighted by Gasteiger charge is -2.66. The summed E-state index contributed by atoms with van der Waals surface area (Å²) in [5, 5.41) is 0. The number of hydrogen-bond acceptors (Lipinski definition) is 2. The van der Waals surface area contributed by atoms with Gasteiger partial charge < -0.3 is 0 Å². The third-order valence-corrected chi connectivity index (χ3v) is 8.13. The summed E-state index contributed by atoms with van der Waals surface area (Å²) in [5.41, 5.74) is 1.24. The zero-order valence-corrected chi connectivity index (χ0v) is 14.5. The Bertz CT molecular complexity index is 603. The summed E-state index contributed by atoms with van der Waals surface area (Å²) in [6.07, 6.45) is 2.51. The van der Waals surface area contributed by atoms with Crippen molar-refractivity contribution >= 4 is 32.4 Å². The third kappa shape index (κ3) is 1.89. The van der Waals surface area contributed by atoms with Crippen LogP contribution in [0.25, 0.3) is 0 Å². The number of hydrogen-bond donors (Lipinski definition) is 0. The number of alkyl halides is 1. The van der Waals surface area contributed by atoms with E-state index in [0.29, 0.717) is 4.90 Å². The van der Waals surface area contributed by atoms with Gasteiger partial charge in [0, 0.05) is 3.42 Å². The molecule has 0 amide bonds. The van der Waals surface area contributed by atoms with Crippen molar-refractivity contribution in [3.8, 4) is 0 Å². The van der Waals surface area contributed by atoms with Crippen LogP contribution in [0.3, 0.4) is 0 Å². The van der Waals surface area contributed by atoms with Crippen LogP contribution in [0, 0.1) is 0 Å². The molecule has 2 bridgehead atoms. The van der Waals surface area contributed by atoms with Gasteiger partial charge in [0.25, 0.3) is 0 Å². The first-order chi connectivity index (χ1) is 8.58. The summed E-state index contributed by atoms with van der Waals surface area (Å²) in [4.78, 5) is 0.499. The monoisotopic (exact) mass is 390 g/mol. The summed E-state index contributed by atoms with van der Waals surface area (Å²) in [6.45, 7) is 6.41. The van der Waals surface area contributed by atoms with Gasteiger partial charge in [-0.15, -0.1) is 0 Å². The van der Waals surface area contributed by atoms with Gasteiger partial charge in [-0.05, 0) is 42.4 Å². The first kappa shape index (κ1) is 13.9. The second-order valence-corrected chi connectivity index (χ2v) is 11.8. The molecule has 3 aliphatic rings. The molecule has 3 saturated carbocycles. The number of rotatable bonds is 2. The van der Waals surface area contributed by atoms with Gasteiger partial charge in [0.05, 0.1) is 9.64 Å². The largest absolute Gasteiger partial charge is 0.223 e. The fourth-order valence-corrected chi connectivity index (χ4v) is 8.61. The maximum atomic E-state index is 12.7. The minimum Gasteiger partial charge on any atom is -0.223 e. The Kier molecular flexibility index (Phi) is 2.74. The van der Waals surface area contributed by atoms with Crippen LogP contribution in [0.5, 0.6) is 0 Å². The second kappa shape index (κ2) is 3.75. The Labute approximate surface area is 129 Å². The first-order valence-corrected chi connectivity index (χ1v) is 9.19. The summed E-state index contributed by atoms with van der Waals surface area (Å²) in [7, 11) is -3.14. The average Bonchev–Trinajstić information content (AvgIpc) is 2.22. The SMILES string of the molecule is CC(C)(C)c1ccc(S(=O)(=O)C23CC(I)(C2)C3)cc1. The average molecular weight is 390 g/mol. The fourth-order valence-electron chi connectivity index (χ4n) is 3.25. The topological polar surface area (TPSA) is 34.1 Å². The van der Waals surface area contributed by atoms with E-state index in [-0.39, 0.29) is 8.84 Å². The maximum Gasteiger partial charge on any atom is 0.184 e. The predicted molar refractivity (Wildman–Crippen MR) is 85.7 cm³/mol. The van der Waals surface area contributed by atoms with E-state index >= 15 is 0 Å². The molecule has 104 valence electrons. The predicted octanol–water partition coefficient (Wildman–Crippen LogP) is 3.87. The molecule has 19 heavy (non-hydrogen) atoms. The van der Waals surface area contributed by atoms with E-state index < -0.39 is 14.6 Å². The molecule has 0 unspecified atom stereocenters. The van der Waals surface area contributed by atoms with Crippen LogP contribution >= 0.6 is 22.6 Å². The van der Waals surface area contributed by atoms with Crippen molar-refractivity contribution in [3.63, 3.8) is 0 Å². The molecule has 0 heterocycles. The molecular formula is C15H19IO2S. The summed E-state index contributed by atoms with van der Waals surface area (Å²) >= 11 is 2.41. The number of halogens is 1. The summed E-state index contributed by atoms with van der Waals surface area (Å²) in [6, 6.07) is 7.49. The highest BCUT2D eigenvalue weighted by Crippen LogP contribution is 2.70. The summed E-state index contributed by atoms with van der Waals surface area (Å²) in [5.74, 6) is 0. The van der Waals surface area contributed by atoms with Crippen LogP contribution in [0.1, 0.15) is 45.6 Å². The van der Waals surface area contributed by atoms with Gasteiger partial charge in [-0.25, -0.2) is 8.42 Å². The Morgan fingerprint density at radius 2 is 1.53 bits per heavy atom. The lowest BCUT2D eigenvalue weighted by molar-refractivity contribution is 0.103. The third-order valence-electron chi connectivity index (χ3n) is 4.52. The Hall–Kier alpha value is -0.100. The van der Waals surface area contributed by atoms with Crippen molar-refractivity contribution in [2.45, 2.75) is 58.5 Å². The van der Waals surface area contributed by atoms with Crippen LogP contribution in [0.2, 0.25) is 0 Å². The van der Waals surface area contributed by atoms with Crippen molar-refractivity contribution in [1.29, 1.82) is 0 Å². The molecule has 1 aromatic rings. The highest BCUT2D eigenvalue weighted by atomic mass is 127. The minimum absolute atomic E-state index is 0.0604. The normalized spacial score (nSPS) is 33.5. The van der Waals surface area contributed by atoms with Crippen LogP contribution in [-0.2, 0) is 15.3 Å². The van der Waals surface area contributed by atoms with Crippen LogP contribution < -0.4 is 0 Å². The molecule has 0 radical (unpaired) electrons. The maximum absolute atomic E-state index is 12.7. The zero-order valence-electron chi connectivity index (χ0n) is 11.5. The minimum atomic E-state index is -3.14. The summed E-state index contributed by atoms with van der Waals surface area (Å²) < 4.78 is 25.2. The zero-order chi connectivity index (χ0) is 14.1. The molecule has 0 aliphatic heterocycles. The van der Waals surface area contributed by atoms with E-state index in [1.54, 1.807) is 12.1 Å². The van der Waals surface area contributed by atoms with Gasteiger partial charge in [-0.2, -0.15) is 0 Å². The highest BCUT2D eigenvalue weighted by molar-refractivity contribution is 14.1. The molecular weight excluding hydrogens is 371 g/mol. The Morgan fingerprint density at radius 1 is 1.05 bits per heavy atom. The quantitative estimate of drug-likeness (QED) is 0.568. The van der Waals surface area contributed by atoms with Gasteiger partial charge >= 0.3 is 0 Å². The van der Waals surface area contributed by atoms with E-state index in [0.717, 1.165) is 19.3 Å². The molecule has 0 saturated heterocycles. The van der Waals surface area contributed by atoms with Crippen molar-refractivity contribution < 1.29 is 8.42 Å². The van der Waals surface area contributed by atoms with E-state index in [4.69, 9.17) is 0 Å². The molecule has 3 fully saturated rings. The lowest BCUT2D eigenvalue weighted by atomic mass is 9.55. The molecule has 0 spiro atoms. The van der Waals surface area contributed by atoms with Crippen molar-refractivity contribution in [1.82, 2.24) is 0 Å². The number of benzene rings is 1. The lowest BCUT2D eigenvalue weighted by Crippen LogP contribution is -2.71. The molecule has 0 atom stereocenters. The van der Waals surface area contributed by atoms with Crippen LogP contribution in [0.15, 0.2) is 29.2 Å². The van der Waals surface area contributed by atoms with Gasteiger partial charge in [0.1, 0.15) is 0 Å². The first-order valence-electron chi connectivity index (χ1n) is 6.62. The van der Waals surface area contributed by atoms with Crippen LogP contribution in [0.4, 0.5) is 0 Å². The smallest absolute Gasteiger partial charge is 0.184 e. The molecule has 2 nitrogen and oxygen atoms in total. The Balaban J connectivity index is 1.91. The standard InChI is InChI=1S/C15H19IO2S/c1-13(2,3)11-4-6-12(7-5-11)19(17,18)15-8-14(16,9-15)10-15/h4-7H,8-10H2,1-3H3. The van der Waals surface area contributed by atoms with Gasteiger partial charge in [-0.1, -0.05) is 55.5 Å². The molecule has 4 rings (SSSR count). The van der Waals surface area contributed by atoms with E-state index in [1.165, 1.54) is 5.56 Å². The van der Waals surface area contributed by atoms with E-state index in [1.807, 2.05) is 12.1 Å². The highest BCUT2D eigenvalue weighted by Gasteiger charge is 2.73. The van der Waals surface area contributed by atoms with Crippen LogP contribution in [-0.4, -0.2) is 16.6 Å². The van der Waals surface area contributed by atoms with Crippen molar-refractivity contribution in [2.75, 3.05) is 0 Å². The number of sulfone groups is 1. The van der Waals surface area contributed by atoms with E-state index in [2.05, 4.69) is 43.4 Å². The van der Waals surface area contributed by atoms with Crippen molar-refractivity contribution in [2.24, 2.45) is 0 Å². The Morgan fingerprint density at radius 3 is 1.89 bits per heavy atom. The molecule has 4 heteroatoms. The molecule has 0 N–H and O–H groups in total. The molecule has 3 aliphatic carbocycles. The van der Waals surface area contributed by atoms with Gasteiger partial charge in [0.15, 0.2) is 9.84 Å². The second-order valence-electron chi connectivity index (χ2n) is 7.14. The van der Waals surface area contributed by atoms with E-state index in [9.17, 15) is 8.42 Å². The molecule has 0 aromatic heterocycles.